The van der Waals surface area contributed by atoms with Gasteiger partial charge in [-0.15, -0.1) is 0 Å². The Morgan fingerprint density at radius 1 is 0.450 bits per heavy atom. The molecule has 0 atom stereocenters. The average Bonchev–Trinajstić information content (AvgIpc) is 2.49. The number of rotatable bonds is 12. The molecule has 0 aromatic rings. The van der Waals surface area contributed by atoms with Gasteiger partial charge in [0.1, 0.15) is 13.4 Å². The predicted octanol–water partition coefficient (Wildman–Crippen LogP) is 7.42. The van der Waals surface area contributed by atoms with E-state index in [0.29, 0.717) is 0 Å². The van der Waals surface area contributed by atoms with Crippen molar-refractivity contribution in [1.29, 1.82) is 0 Å². The van der Waals surface area contributed by atoms with Crippen molar-refractivity contribution < 1.29 is 0 Å². The van der Waals surface area contributed by atoms with Crippen LogP contribution in [0.5, 0.6) is 0 Å². The summed E-state index contributed by atoms with van der Waals surface area (Å²) in [6.45, 7) is 15.7. The van der Waals surface area contributed by atoms with Crippen LogP contribution in [-0.4, -0.2) is 13.4 Å². The van der Waals surface area contributed by atoms with Crippen molar-refractivity contribution in [2.45, 2.75) is 118 Å². The molecule has 0 rings (SSSR count). The highest BCUT2D eigenvalue weighted by Gasteiger charge is 2.10. The predicted molar refractivity (Wildman–Crippen MR) is 102 cm³/mol. The van der Waals surface area contributed by atoms with Crippen LogP contribution in [-0.2, 0) is 0 Å². The molecule has 0 unspecified atom stereocenters. The Hall–Kier alpha value is 0.130. The molecule has 0 aromatic carbocycles. The van der Waals surface area contributed by atoms with Gasteiger partial charge in [-0.1, -0.05) is 118 Å². The average molecular weight is 280 g/mol. The quantitative estimate of drug-likeness (QED) is 0.326. The minimum Gasteiger partial charge on any atom is -0.0770 e. The molecule has 0 nitrogen and oxygen atoms in total. The molecule has 0 aliphatic rings. The molecule has 20 heavy (non-hydrogen) atoms. The van der Waals surface area contributed by atoms with Gasteiger partial charge < -0.3 is 0 Å². The maximum Gasteiger partial charge on any atom is 0.139 e. The van der Waals surface area contributed by atoms with Crippen molar-refractivity contribution in [2.75, 3.05) is 0 Å². The summed E-state index contributed by atoms with van der Waals surface area (Å²) in [4.78, 5) is 0. The molecule has 0 spiro atoms. The second-order valence-corrected chi connectivity index (χ2v) is 6.38. The fourth-order valence-corrected chi connectivity index (χ4v) is 2.78. The summed E-state index contributed by atoms with van der Waals surface area (Å²) in [7, 11) is 0. The van der Waals surface area contributed by atoms with E-state index in [0.717, 1.165) is 13.4 Å². The highest BCUT2D eigenvalue weighted by molar-refractivity contribution is 6.58. The summed E-state index contributed by atoms with van der Waals surface area (Å²) < 4.78 is 0. The molecule has 0 bridgehead atoms. The third-order valence-corrected chi connectivity index (χ3v) is 4.63. The molecule has 0 heterocycles. The van der Waals surface area contributed by atoms with Crippen LogP contribution in [0.2, 0.25) is 37.9 Å². The maximum absolute atomic E-state index is 2.30. The molecule has 0 radical (unpaired) electrons. The molecule has 0 saturated carbocycles. The Labute approximate surface area is 132 Å². The topological polar surface area (TPSA) is 0 Å². The van der Waals surface area contributed by atoms with Crippen molar-refractivity contribution in [3.05, 3.63) is 0 Å². The fourth-order valence-electron chi connectivity index (χ4n) is 2.78. The van der Waals surface area contributed by atoms with Gasteiger partial charge in [-0.25, -0.2) is 0 Å². The van der Waals surface area contributed by atoms with E-state index in [-0.39, 0.29) is 0 Å². The highest BCUT2D eigenvalue weighted by Crippen LogP contribution is 2.16. The van der Waals surface area contributed by atoms with Crippen LogP contribution in [0.3, 0.4) is 0 Å². The van der Waals surface area contributed by atoms with E-state index in [9.17, 15) is 0 Å². The zero-order valence-corrected chi connectivity index (χ0v) is 15.6. The van der Waals surface area contributed by atoms with Gasteiger partial charge in [-0.05, 0) is 0 Å². The van der Waals surface area contributed by atoms with Gasteiger partial charge >= 0.3 is 0 Å². The van der Waals surface area contributed by atoms with Gasteiger partial charge in [-0.2, -0.15) is 0 Å². The minimum absolute atomic E-state index is 0.986. The SMILES string of the molecule is CCB(CC)CC.CCCCB(CCCC)CCCC. The molecular formula is C18H42B2. The molecule has 0 saturated heterocycles. The van der Waals surface area contributed by atoms with Crippen LogP contribution in [0.1, 0.15) is 80.1 Å². The van der Waals surface area contributed by atoms with Gasteiger partial charge in [0.25, 0.3) is 0 Å². The molecule has 2 heteroatoms. The van der Waals surface area contributed by atoms with E-state index < -0.39 is 0 Å². The second kappa shape index (κ2) is 19.1. The fraction of sp³-hybridized carbons (Fsp3) is 1.00. The summed E-state index contributed by atoms with van der Waals surface area (Å²) in [5.41, 5.74) is 0. The van der Waals surface area contributed by atoms with Gasteiger partial charge in [0.05, 0.1) is 0 Å². The molecule has 0 N–H and O–H groups in total. The van der Waals surface area contributed by atoms with Crippen LogP contribution < -0.4 is 0 Å². The smallest absolute Gasteiger partial charge is 0.0770 e. The van der Waals surface area contributed by atoms with E-state index in [1.807, 2.05) is 0 Å². The second-order valence-electron chi connectivity index (χ2n) is 6.38. The lowest BCUT2D eigenvalue weighted by atomic mass is 9.41. The van der Waals surface area contributed by atoms with E-state index in [2.05, 4.69) is 41.5 Å². The zero-order chi connectivity index (χ0) is 15.6. The largest absolute Gasteiger partial charge is 0.139 e. The normalized spacial score (nSPS) is 9.90. The number of hydrogen-bond donors (Lipinski definition) is 0. The zero-order valence-electron chi connectivity index (χ0n) is 15.6. The first-order valence-corrected chi connectivity index (χ1v) is 9.69. The monoisotopic (exact) mass is 280 g/mol. The molecule has 0 aliphatic carbocycles. The third-order valence-electron chi connectivity index (χ3n) is 4.63. The maximum atomic E-state index is 2.30. The third kappa shape index (κ3) is 16.2. The lowest BCUT2D eigenvalue weighted by molar-refractivity contribution is 0.812. The van der Waals surface area contributed by atoms with Crippen LogP contribution >= 0.6 is 0 Å². The molecular weight excluding hydrogens is 238 g/mol. The van der Waals surface area contributed by atoms with Crippen molar-refractivity contribution in [3.63, 3.8) is 0 Å². The highest BCUT2D eigenvalue weighted by atomic mass is 13.9. The summed E-state index contributed by atoms with van der Waals surface area (Å²) >= 11 is 0. The van der Waals surface area contributed by atoms with E-state index in [4.69, 9.17) is 0 Å². The molecule has 0 amide bonds. The van der Waals surface area contributed by atoms with Gasteiger partial charge in [0.2, 0.25) is 0 Å². The van der Waals surface area contributed by atoms with E-state index in [1.54, 1.807) is 0 Å². The minimum atomic E-state index is 0.986. The van der Waals surface area contributed by atoms with Crippen molar-refractivity contribution in [1.82, 2.24) is 0 Å². The van der Waals surface area contributed by atoms with E-state index in [1.165, 1.54) is 76.4 Å². The summed E-state index contributed by atoms with van der Waals surface area (Å²) in [6, 6.07) is 0. The van der Waals surface area contributed by atoms with Crippen LogP contribution in [0, 0.1) is 0 Å². The number of unbranched alkanes of at least 4 members (excludes halogenated alkanes) is 3. The van der Waals surface area contributed by atoms with Gasteiger partial charge in [-0.3, -0.25) is 0 Å². The Morgan fingerprint density at radius 2 is 0.750 bits per heavy atom. The van der Waals surface area contributed by atoms with Gasteiger partial charge in [0, 0.05) is 0 Å². The number of hydrogen-bond acceptors (Lipinski definition) is 0. The standard InChI is InChI=1S/C12H27B.C6H15B/c1-4-7-10-13(11-8-5-2)12-9-6-3;1-4-7(5-2)6-3/h4-12H2,1-3H3;4-6H2,1-3H3. The van der Waals surface area contributed by atoms with Gasteiger partial charge in [0.15, 0.2) is 0 Å². The Kier molecular flexibility index (Phi) is 21.4. The van der Waals surface area contributed by atoms with Crippen LogP contribution in [0.25, 0.3) is 0 Å². The lowest BCUT2D eigenvalue weighted by Crippen LogP contribution is -2.11. The molecule has 120 valence electrons. The van der Waals surface area contributed by atoms with Crippen molar-refractivity contribution in [2.24, 2.45) is 0 Å². The Balaban J connectivity index is 0. The molecule has 0 aliphatic heterocycles. The first kappa shape index (κ1) is 22.4. The lowest BCUT2D eigenvalue weighted by Gasteiger charge is -2.11. The first-order chi connectivity index (χ1) is 9.69. The Bertz CT molecular complexity index is 131. The summed E-state index contributed by atoms with van der Waals surface area (Å²) in [6.07, 6.45) is 16.9. The summed E-state index contributed by atoms with van der Waals surface area (Å²) in [5.74, 6) is 0. The van der Waals surface area contributed by atoms with Crippen molar-refractivity contribution in [3.8, 4) is 0 Å². The molecule has 0 fully saturated rings. The van der Waals surface area contributed by atoms with E-state index >= 15 is 0 Å². The van der Waals surface area contributed by atoms with Crippen molar-refractivity contribution >= 4 is 13.4 Å². The molecule has 0 aromatic heterocycles. The summed E-state index contributed by atoms with van der Waals surface area (Å²) in [5, 5.41) is 0. The van der Waals surface area contributed by atoms with Crippen LogP contribution in [0.15, 0.2) is 0 Å². The van der Waals surface area contributed by atoms with Crippen LogP contribution in [0.4, 0.5) is 0 Å². The Morgan fingerprint density at radius 3 is 0.900 bits per heavy atom. The first-order valence-electron chi connectivity index (χ1n) is 9.69.